The molecule has 2 saturated heterocycles. The molecule has 2 nitrogen and oxygen atoms in total. The predicted molar refractivity (Wildman–Crippen MR) is 70.0 cm³/mol. The molecular formula is C14H25F3N2. The van der Waals surface area contributed by atoms with Crippen LogP contribution >= 0.6 is 0 Å². The van der Waals surface area contributed by atoms with Crippen LogP contribution in [0.1, 0.15) is 39.5 Å². The molecule has 112 valence electrons. The maximum Gasteiger partial charge on any atom is 0.389 e. The SMILES string of the molecule is CCC1C2CNCC2CN1C(C)CCCC(F)(F)F. The van der Waals surface area contributed by atoms with Crippen LogP contribution in [0.5, 0.6) is 0 Å². The molecule has 2 heterocycles. The lowest BCUT2D eigenvalue weighted by Gasteiger charge is -2.32. The summed E-state index contributed by atoms with van der Waals surface area (Å²) >= 11 is 0. The third-order valence-electron chi connectivity index (χ3n) is 4.82. The van der Waals surface area contributed by atoms with E-state index in [0.29, 0.717) is 24.3 Å². The molecule has 0 amide bonds. The molecule has 0 bridgehead atoms. The minimum atomic E-state index is -4.00. The zero-order valence-electron chi connectivity index (χ0n) is 11.8. The molecule has 0 aromatic heterocycles. The summed E-state index contributed by atoms with van der Waals surface area (Å²) in [5.74, 6) is 1.41. The van der Waals surface area contributed by atoms with E-state index in [9.17, 15) is 13.2 Å². The van der Waals surface area contributed by atoms with E-state index in [4.69, 9.17) is 0 Å². The van der Waals surface area contributed by atoms with E-state index in [1.807, 2.05) is 0 Å². The first-order chi connectivity index (χ1) is 8.92. The highest BCUT2D eigenvalue weighted by atomic mass is 19.4. The van der Waals surface area contributed by atoms with Crippen LogP contribution in [0, 0.1) is 11.8 Å². The Bertz CT molecular complexity index is 293. The van der Waals surface area contributed by atoms with Crippen LogP contribution in [0.15, 0.2) is 0 Å². The van der Waals surface area contributed by atoms with Crippen LogP contribution < -0.4 is 5.32 Å². The lowest BCUT2D eigenvalue weighted by atomic mass is 9.92. The first-order valence-electron chi connectivity index (χ1n) is 7.45. The summed E-state index contributed by atoms with van der Waals surface area (Å²) in [5.41, 5.74) is 0. The average molecular weight is 278 g/mol. The Labute approximate surface area is 113 Å². The van der Waals surface area contributed by atoms with Gasteiger partial charge >= 0.3 is 6.18 Å². The van der Waals surface area contributed by atoms with Crippen molar-refractivity contribution in [3.63, 3.8) is 0 Å². The van der Waals surface area contributed by atoms with E-state index in [0.717, 1.165) is 26.1 Å². The number of alkyl halides is 3. The number of halogens is 3. The maximum atomic E-state index is 12.2. The fourth-order valence-electron chi connectivity index (χ4n) is 3.86. The molecule has 5 heteroatoms. The predicted octanol–water partition coefficient (Wildman–Crippen LogP) is 3.04. The number of fused-ring (bicyclic) bond motifs is 1. The molecule has 0 aliphatic carbocycles. The zero-order chi connectivity index (χ0) is 14.0. The molecule has 0 aromatic carbocycles. The summed E-state index contributed by atoms with van der Waals surface area (Å²) in [6.07, 6.45) is -2.63. The number of rotatable bonds is 5. The van der Waals surface area contributed by atoms with Gasteiger partial charge in [-0.05, 0) is 51.1 Å². The van der Waals surface area contributed by atoms with Gasteiger partial charge in [0.05, 0.1) is 0 Å². The lowest BCUT2D eigenvalue weighted by Crippen LogP contribution is -2.41. The van der Waals surface area contributed by atoms with Crippen LogP contribution in [-0.4, -0.2) is 42.8 Å². The van der Waals surface area contributed by atoms with Gasteiger partial charge in [0.25, 0.3) is 0 Å². The van der Waals surface area contributed by atoms with Gasteiger partial charge in [0.1, 0.15) is 0 Å². The number of hydrogen-bond donors (Lipinski definition) is 1. The largest absolute Gasteiger partial charge is 0.389 e. The van der Waals surface area contributed by atoms with E-state index in [2.05, 4.69) is 24.1 Å². The van der Waals surface area contributed by atoms with Crippen LogP contribution in [0.4, 0.5) is 13.2 Å². The van der Waals surface area contributed by atoms with E-state index < -0.39 is 12.6 Å². The van der Waals surface area contributed by atoms with Crippen LogP contribution in [0.2, 0.25) is 0 Å². The molecule has 2 aliphatic heterocycles. The second-order valence-electron chi connectivity index (χ2n) is 6.11. The Kier molecular flexibility index (Phi) is 4.77. The van der Waals surface area contributed by atoms with Crippen molar-refractivity contribution in [2.24, 2.45) is 11.8 Å². The zero-order valence-corrected chi connectivity index (χ0v) is 11.8. The van der Waals surface area contributed by atoms with Crippen molar-refractivity contribution < 1.29 is 13.2 Å². The van der Waals surface area contributed by atoms with Gasteiger partial charge in [-0.1, -0.05) is 6.92 Å². The van der Waals surface area contributed by atoms with E-state index in [-0.39, 0.29) is 12.5 Å². The Balaban J connectivity index is 1.83. The molecule has 4 unspecified atom stereocenters. The molecule has 2 aliphatic rings. The number of hydrogen-bond acceptors (Lipinski definition) is 2. The van der Waals surface area contributed by atoms with Crippen molar-refractivity contribution >= 4 is 0 Å². The summed E-state index contributed by atoms with van der Waals surface area (Å²) in [4.78, 5) is 2.46. The monoisotopic (exact) mass is 278 g/mol. The van der Waals surface area contributed by atoms with Crippen molar-refractivity contribution in [1.82, 2.24) is 10.2 Å². The highest BCUT2D eigenvalue weighted by Crippen LogP contribution is 2.36. The third-order valence-corrected chi connectivity index (χ3v) is 4.82. The minimum absolute atomic E-state index is 0.255. The molecule has 0 aromatic rings. The Morgan fingerprint density at radius 3 is 2.68 bits per heavy atom. The summed E-state index contributed by atoms with van der Waals surface area (Å²) < 4.78 is 36.6. The van der Waals surface area contributed by atoms with Gasteiger partial charge in [0.2, 0.25) is 0 Å². The molecule has 4 atom stereocenters. The topological polar surface area (TPSA) is 15.3 Å². The molecular weight excluding hydrogens is 253 g/mol. The fourth-order valence-corrected chi connectivity index (χ4v) is 3.86. The van der Waals surface area contributed by atoms with Gasteiger partial charge < -0.3 is 5.32 Å². The van der Waals surface area contributed by atoms with Crippen LogP contribution in [0.25, 0.3) is 0 Å². The number of nitrogens with zero attached hydrogens (tertiary/aromatic N) is 1. The van der Waals surface area contributed by atoms with E-state index >= 15 is 0 Å². The second-order valence-corrected chi connectivity index (χ2v) is 6.11. The van der Waals surface area contributed by atoms with Gasteiger partial charge in [-0.3, -0.25) is 4.90 Å². The second kappa shape index (κ2) is 6.00. The first kappa shape index (κ1) is 15.1. The maximum absolute atomic E-state index is 12.2. The van der Waals surface area contributed by atoms with E-state index in [1.165, 1.54) is 0 Å². The lowest BCUT2D eigenvalue weighted by molar-refractivity contribution is -0.136. The summed E-state index contributed by atoms with van der Waals surface area (Å²) in [7, 11) is 0. The fraction of sp³-hybridized carbons (Fsp3) is 1.00. The van der Waals surface area contributed by atoms with Crippen molar-refractivity contribution in [3.05, 3.63) is 0 Å². The minimum Gasteiger partial charge on any atom is -0.316 e. The molecule has 19 heavy (non-hydrogen) atoms. The Hall–Kier alpha value is -0.290. The highest BCUT2D eigenvalue weighted by Gasteiger charge is 2.44. The van der Waals surface area contributed by atoms with Gasteiger partial charge in [-0.15, -0.1) is 0 Å². The van der Waals surface area contributed by atoms with Crippen molar-refractivity contribution in [3.8, 4) is 0 Å². The Morgan fingerprint density at radius 2 is 2.05 bits per heavy atom. The van der Waals surface area contributed by atoms with Crippen molar-refractivity contribution in [2.75, 3.05) is 19.6 Å². The number of nitrogens with one attached hydrogen (secondary N) is 1. The molecule has 0 radical (unpaired) electrons. The molecule has 2 rings (SSSR count). The molecule has 1 N–H and O–H groups in total. The van der Waals surface area contributed by atoms with Crippen molar-refractivity contribution in [1.29, 1.82) is 0 Å². The highest BCUT2D eigenvalue weighted by molar-refractivity contribution is 4.99. The van der Waals surface area contributed by atoms with Gasteiger partial charge in [0.15, 0.2) is 0 Å². The summed E-state index contributed by atoms with van der Waals surface area (Å²) in [5, 5.41) is 3.44. The smallest absolute Gasteiger partial charge is 0.316 e. The number of likely N-dealkylation sites (tertiary alicyclic amines) is 1. The van der Waals surface area contributed by atoms with Crippen LogP contribution in [-0.2, 0) is 0 Å². The van der Waals surface area contributed by atoms with Gasteiger partial charge in [-0.25, -0.2) is 0 Å². The molecule has 2 fully saturated rings. The van der Waals surface area contributed by atoms with Crippen LogP contribution in [0.3, 0.4) is 0 Å². The first-order valence-corrected chi connectivity index (χ1v) is 7.45. The van der Waals surface area contributed by atoms with E-state index in [1.54, 1.807) is 0 Å². The normalized spacial score (nSPS) is 33.6. The summed E-state index contributed by atoms with van der Waals surface area (Å²) in [6.45, 7) is 7.50. The Morgan fingerprint density at radius 1 is 1.32 bits per heavy atom. The van der Waals surface area contributed by atoms with Crippen molar-refractivity contribution in [2.45, 2.75) is 57.8 Å². The van der Waals surface area contributed by atoms with Gasteiger partial charge in [-0.2, -0.15) is 13.2 Å². The summed E-state index contributed by atoms with van der Waals surface area (Å²) in [6, 6.07) is 0.832. The average Bonchev–Trinajstić information content (AvgIpc) is 2.85. The van der Waals surface area contributed by atoms with Gasteiger partial charge in [0, 0.05) is 25.0 Å². The molecule has 0 saturated carbocycles. The third kappa shape index (κ3) is 3.63. The standard InChI is InChI=1S/C14H25F3N2/c1-3-13-12-8-18-7-11(12)9-19(13)10(2)5-4-6-14(15,16)17/h10-13,18H,3-9H2,1-2H3. The molecule has 0 spiro atoms. The quantitative estimate of drug-likeness (QED) is 0.831.